The van der Waals surface area contributed by atoms with Crippen LogP contribution < -0.4 is 5.32 Å². The van der Waals surface area contributed by atoms with Crippen molar-refractivity contribution < 1.29 is 4.79 Å². The van der Waals surface area contributed by atoms with Crippen LogP contribution in [0.3, 0.4) is 0 Å². The molecule has 0 aliphatic carbocycles. The predicted molar refractivity (Wildman–Crippen MR) is 73.5 cm³/mol. The van der Waals surface area contributed by atoms with E-state index in [1.54, 1.807) is 18.2 Å². The van der Waals surface area contributed by atoms with Crippen LogP contribution >= 0.6 is 11.6 Å². The molecule has 1 amide bonds. The number of rotatable bonds is 3. The largest absolute Gasteiger partial charge is 0.325 e. The van der Waals surface area contributed by atoms with Crippen molar-refractivity contribution >= 4 is 23.2 Å². The highest BCUT2D eigenvalue weighted by atomic mass is 35.5. The number of nitriles is 1. The molecule has 1 rings (SSSR count). The molecule has 0 unspecified atom stereocenters. The summed E-state index contributed by atoms with van der Waals surface area (Å²) in [6, 6.07) is 6.85. The second kappa shape index (κ2) is 5.88. The molecule has 0 aromatic heterocycles. The van der Waals surface area contributed by atoms with Gasteiger partial charge in [0.1, 0.15) is 6.07 Å². The van der Waals surface area contributed by atoms with Crippen LogP contribution in [0, 0.1) is 16.7 Å². The average Bonchev–Trinajstić information content (AvgIpc) is 2.26. The number of nitrogens with one attached hydrogen (secondary N) is 1. The molecule has 4 heteroatoms. The quantitative estimate of drug-likeness (QED) is 0.898. The van der Waals surface area contributed by atoms with Crippen LogP contribution in [0.5, 0.6) is 0 Å². The van der Waals surface area contributed by atoms with E-state index >= 15 is 0 Å². The summed E-state index contributed by atoms with van der Waals surface area (Å²) in [5.41, 5.74) is 1.01. The highest BCUT2D eigenvalue weighted by Crippen LogP contribution is 2.23. The summed E-state index contributed by atoms with van der Waals surface area (Å²) in [5, 5.41) is 12.2. The van der Waals surface area contributed by atoms with Gasteiger partial charge in [-0.25, -0.2) is 0 Å². The molecule has 0 radical (unpaired) electrons. The lowest BCUT2D eigenvalue weighted by atomic mass is 9.90. The zero-order chi connectivity index (χ0) is 13.8. The normalized spacial score (nSPS) is 10.8. The number of hydrogen-bond acceptors (Lipinski definition) is 2. The number of anilines is 1. The summed E-state index contributed by atoms with van der Waals surface area (Å²) in [6.45, 7) is 6.25. The number of carbonyl (C=O) groups excluding carboxylic acids is 1. The van der Waals surface area contributed by atoms with Crippen LogP contribution in [0.15, 0.2) is 18.2 Å². The molecule has 0 atom stereocenters. The first-order valence-electron chi connectivity index (χ1n) is 5.81. The number of hydrogen-bond donors (Lipinski definition) is 1. The van der Waals surface area contributed by atoms with E-state index < -0.39 is 0 Å². The van der Waals surface area contributed by atoms with Gasteiger partial charge in [0.05, 0.1) is 11.3 Å². The Balaban J connectivity index is 2.70. The summed E-state index contributed by atoms with van der Waals surface area (Å²) in [5.74, 6) is -0.0938. The van der Waals surface area contributed by atoms with E-state index in [1.807, 2.05) is 6.07 Å². The lowest BCUT2D eigenvalue weighted by molar-refractivity contribution is -0.116. The van der Waals surface area contributed by atoms with Gasteiger partial charge in [0.25, 0.3) is 0 Å². The third kappa shape index (κ3) is 4.77. The summed E-state index contributed by atoms with van der Waals surface area (Å²) in [4.78, 5) is 11.8. The van der Waals surface area contributed by atoms with Crippen molar-refractivity contribution in [2.24, 2.45) is 5.41 Å². The minimum Gasteiger partial charge on any atom is -0.325 e. The molecule has 3 nitrogen and oxygen atoms in total. The highest BCUT2D eigenvalue weighted by molar-refractivity contribution is 6.31. The molecule has 18 heavy (non-hydrogen) atoms. The van der Waals surface area contributed by atoms with Crippen molar-refractivity contribution in [2.45, 2.75) is 33.6 Å². The van der Waals surface area contributed by atoms with Crippen molar-refractivity contribution in [3.05, 3.63) is 28.8 Å². The number of benzene rings is 1. The summed E-state index contributed by atoms with van der Waals surface area (Å²) in [6.07, 6.45) is 1.22. The molecule has 0 bridgehead atoms. The van der Waals surface area contributed by atoms with Crippen LogP contribution in [-0.4, -0.2) is 5.91 Å². The van der Waals surface area contributed by atoms with E-state index in [0.717, 1.165) is 6.42 Å². The van der Waals surface area contributed by atoms with Crippen molar-refractivity contribution in [3.63, 3.8) is 0 Å². The van der Waals surface area contributed by atoms with Gasteiger partial charge in [-0.3, -0.25) is 4.79 Å². The van der Waals surface area contributed by atoms with Crippen LogP contribution in [0.1, 0.15) is 39.2 Å². The van der Waals surface area contributed by atoms with E-state index in [1.165, 1.54) is 0 Å². The van der Waals surface area contributed by atoms with Gasteiger partial charge < -0.3 is 5.32 Å². The van der Waals surface area contributed by atoms with E-state index in [9.17, 15) is 4.79 Å². The van der Waals surface area contributed by atoms with Crippen molar-refractivity contribution in [1.82, 2.24) is 0 Å². The Labute approximate surface area is 113 Å². The van der Waals surface area contributed by atoms with Gasteiger partial charge in [0, 0.05) is 11.4 Å². The SMILES string of the molecule is CC(C)(C)CCC(=O)Nc1cc(Cl)ccc1C#N. The molecule has 0 saturated carbocycles. The topological polar surface area (TPSA) is 52.9 Å². The van der Waals surface area contributed by atoms with Crippen molar-refractivity contribution in [1.29, 1.82) is 5.26 Å². The third-order valence-electron chi connectivity index (χ3n) is 2.48. The number of nitrogens with zero attached hydrogens (tertiary/aromatic N) is 1. The molecule has 1 aromatic rings. The molecule has 1 N–H and O–H groups in total. The van der Waals surface area contributed by atoms with Gasteiger partial charge in [0.15, 0.2) is 0 Å². The lowest BCUT2D eigenvalue weighted by Gasteiger charge is -2.17. The lowest BCUT2D eigenvalue weighted by Crippen LogP contribution is -2.16. The minimum atomic E-state index is -0.0938. The maximum atomic E-state index is 11.8. The molecule has 0 aliphatic rings. The highest BCUT2D eigenvalue weighted by Gasteiger charge is 2.14. The molecule has 96 valence electrons. The fraction of sp³-hybridized carbons (Fsp3) is 0.429. The van der Waals surface area contributed by atoms with Crippen LogP contribution in [0.2, 0.25) is 5.02 Å². The number of carbonyl (C=O) groups is 1. The molecule has 0 fully saturated rings. The first-order valence-corrected chi connectivity index (χ1v) is 6.19. The van der Waals surface area contributed by atoms with Gasteiger partial charge >= 0.3 is 0 Å². The molecule has 0 saturated heterocycles. The summed E-state index contributed by atoms with van der Waals surface area (Å²) < 4.78 is 0. The summed E-state index contributed by atoms with van der Waals surface area (Å²) >= 11 is 5.85. The Bertz CT molecular complexity index is 484. The Morgan fingerprint density at radius 1 is 1.44 bits per heavy atom. The van der Waals surface area contributed by atoms with E-state index in [-0.39, 0.29) is 11.3 Å². The zero-order valence-corrected chi connectivity index (χ0v) is 11.6. The van der Waals surface area contributed by atoms with E-state index in [0.29, 0.717) is 22.7 Å². The summed E-state index contributed by atoms with van der Waals surface area (Å²) in [7, 11) is 0. The maximum Gasteiger partial charge on any atom is 0.224 e. The Morgan fingerprint density at radius 2 is 2.11 bits per heavy atom. The maximum absolute atomic E-state index is 11.8. The van der Waals surface area contributed by atoms with E-state index in [2.05, 4.69) is 26.1 Å². The third-order valence-corrected chi connectivity index (χ3v) is 2.71. The fourth-order valence-electron chi connectivity index (χ4n) is 1.42. The molecule has 0 heterocycles. The Hall–Kier alpha value is -1.53. The Morgan fingerprint density at radius 3 is 2.67 bits per heavy atom. The molecular formula is C14H17ClN2O. The van der Waals surface area contributed by atoms with Crippen LogP contribution in [0.25, 0.3) is 0 Å². The minimum absolute atomic E-state index is 0.0938. The zero-order valence-electron chi connectivity index (χ0n) is 10.9. The molecule has 0 spiro atoms. The molecule has 0 aliphatic heterocycles. The van der Waals surface area contributed by atoms with Gasteiger partial charge in [-0.1, -0.05) is 32.4 Å². The second-order valence-electron chi connectivity index (χ2n) is 5.41. The molecule has 1 aromatic carbocycles. The van der Waals surface area contributed by atoms with Gasteiger partial charge in [0.2, 0.25) is 5.91 Å². The monoisotopic (exact) mass is 264 g/mol. The van der Waals surface area contributed by atoms with Crippen molar-refractivity contribution in [3.8, 4) is 6.07 Å². The second-order valence-corrected chi connectivity index (χ2v) is 5.85. The van der Waals surface area contributed by atoms with Gasteiger partial charge in [-0.15, -0.1) is 0 Å². The predicted octanol–water partition coefficient (Wildman–Crippen LogP) is 3.98. The first-order chi connectivity index (χ1) is 8.31. The van der Waals surface area contributed by atoms with Crippen molar-refractivity contribution in [2.75, 3.05) is 5.32 Å². The van der Waals surface area contributed by atoms with Gasteiger partial charge in [-0.2, -0.15) is 5.26 Å². The van der Waals surface area contributed by atoms with E-state index in [4.69, 9.17) is 16.9 Å². The number of amides is 1. The smallest absolute Gasteiger partial charge is 0.224 e. The fourth-order valence-corrected chi connectivity index (χ4v) is 1.59. The average molecular weight is 265 g/mol. The standard InChI is InChI=1S/C14H17ClN2O/c1-14(2,3)7-6-13(18)17-12-8-11(15)5-4-10(12)9-16/h4-5,8H,6-7H2,1-3H3,(H,17,18). The van der Waals surface area contributed by atoms with Crippen LogP contribution in [0.4, 0.5) is 5.69 Å². The molecular weight excluding hydrogens is 248 g/mol. The number of halogens is 1. The van der Waals surface area contributed by atoms with Gasteiger partial charge in [-0.05, 0) is 30.0 Å². The Kier molecular flexibility index (Phi) is 4.75. The first kappa shape index (κ1) is 14.5. The van der Waals surface area contributed by atoms with Crippen LogP contribution in [-0.2, 0) is 4.79 Å².